The molecule has 114 valence electrons. The molecule has 0 amide bonds. The second kappa shape index (κ2) is 4.95. The number of carbonyl (C=O) groups is 1. The van der Waals surface area contributed by atoms with Gasteiger partial charge in [-0.2, -0.15) is 0 Å². The molecule has 0 saturated carbocycles. The van der Waals surface area contributed by atoms with Crippen LogP contribution < -0.4 is 4.90 Å². The number of rotatable bonds is 2. The monoisotopic (exact) mass is 317 g/mol. The van der Waals surface area contributed by atoms with Crippen LogP contribution in [0.4, 0.5) is 11.5 Å². The highest BCUT2D eigenvalue weighted by Crippen LogP contribution is 2.42. The fraction of sp³-hybridized carbons (Fsp3) is 0.312. The molecule has 0 saturated heterocycles. The van der Waals surface area contributed by atoms with Gasteiger partial charge in [-0.3, -0.25) is 0 Å². The lowest BCUT2D eigenvalue weighted by Gasteiger charge is -2.21. The molecule has 1 aromatic carbocycles. The Morgan fingerprint density at radius 1 is 1.41 bits per heavy atom. The van der Waals surface area contributed by atoms with Crippen molar-refractivity contribution >= 4 is 29.1 Å². The molecule has 0 unspecified atom stereocenters. The van der Waals surface area contributed by atoms with Gasteiger partial charge in [0.1, 0.15) is 0 Å². The summed E-state index contributed by atoms with van der Waals surface area (Å²) >= 11 is 6.22. The number of aromatic nitrogens is 2. The summed E-state index contributed by atoms with van der Waals surface area (Å²) in [6.07, 6.45) is 1.30. The minimum absolute atomic E-state index is 0.0318. The van der Waals surface area contributed by atoms with E-state index in [2.05, 4.69) is 9.97 Å². The summed E-state index contributed by atoms with van der Waals surface area (Å²) < 4.78 is 0. The molecule has 0 radical (unpaired) electrons. The second-order valence-corrected chi connectivity index (χ2v) is 6.54. The van der Waals surface area contributed by atoms with Crippen molar-refractivity contribution < 1.29 is 9.90 Å². The van der Waals surface area contributed by atoms with Gasteiger partial charge in [0.2, 0.25) is 0 Å². The zero-order valence-corrected chi connectivity index (χ0v) is 13.3. The van der Waals surface area contributed by atoms with E-state index in [-0.39, 0.29) is 11.1 Å². The maximum atomic E-state index is 11.1. The molecule has 2 heterocycles. The third-order valence-corrected chi connectivity index (χ3v) is 4.30. The van der Waals surface area contributed by atoms with E-state index in [0.29, 0.717) is 23.1 Å². The summed E-state index contributed by atoms with van der Waals surface area (Å²) in [5.41, 5.74) is 2.32. The predicted molar refractivity (Wildman–Crippen MR) is 85.2 cm³/mol. The molecule has 0 aliphatic carbocycles. The Labute approximate surface area is 133 Å². The first kappa shape index (κ1) is 14.8. The van der Waals surface area contributed by atoms with Gasteiger partial charge in [-0.15, -0.1) is 0 Å². The Morgan fingerprint density at radius 3 is 2.77 bits per heavy atom. The van der Waals surface area contributed by atoms with Gasteiger partial charge in [0.15, 0.2) is 11.5 Å². The lowest BCUT2D eigenvalue weighted by atomic mass is 9.92. The summed E-state index contributed by atoms with van der Waals surface area (Å²) in [7, 11) is 0. The van der Waals surface area contributed by atoms with Crippen molar-refractivity contribution in [2.75, 3.05) is 11.4 Å². The average molecular weight is 318 g/mol. The zero-order chi connectivity index (χ0) is 16.1. The lowest BCUT2D eigenvalue weighted by molar-refractivity contribution is 0.0689. The average Bonchev–Trinajstić information content (AvgIpc) is 2.73. The number of aromatic carboxylic acids is 1. The number of nitrogens with zero attached hydrogens (tertiary/aromatic N) is 3. The van der Waals surface area contributed by atoms with E-state index in [9.17, 15) is 4.79 Å². The molecule has 2 aromatic rings. The number of aryl methyl sites for hydroxylation is 1. The van der Waals surface area contributed by atoms with Crippen LogP contribution in [0.5, 0.6) is 0 Å². The van der Waals surface area contributed by atoms with E-state index in [1.54, 1.807) is 0 Å². The smallest absolute Gasteiger partial charge is 0.356 e. The summed E-state index contributed by atoms with van der Waals surface area (Å²) in [5.74, 6) is -0.377. The van der Waals surface area contributed by atoms with Crippen molar-refractivity contribution in [3.05, 3.63) is 46.4 Å². The van der Waals surface area contributed by atoms with Crippen LogP contribution in [0.3, 0.4) is 0 Å². The molecule has 0 fully saturated rings. The van der Waals surface area contributed by atoms with Crippen LogP contribution in [-0.4, -0.2) is 27.6 Å². The molecule has 3 rings (SSSR count). The lowest BCUT2D eigenvalue weighted by Crippen LogP contribution is -2.25. The number of carboxylic acid groups (broad SMARTS) is 1. The minimum Gasteiger partial charge on any atom is -0.476 e. The summed E-state index contributed by atoms with van der Waals surface area (Å²) in [6, 6.07) is 5.84. The van der Waals surface area contributed by atoms with Crippen LogP contribution in [-0.2, 0) is 5.41 Å². The topological polar surface area (TPSA) is 66.3 Å². The second-order valence-electron chi connectivity index (χ2n) is 6.14. The van der Waals surface area contributed by atoms with Gasteiger partial charge >= 0.3 is 5.97 Å². The van der Waals surface area contributed by atoms with Gasteiger partial charge in [0.25, 0.3) is 0 Å². The predicted octanol–water partition coefficient (Wildman–Crippen LogP) is 3.57. The molecule has 1 N–H and O–H groups in total. The van der Waals surface area contributed by atoms with E-state index in [0.717, 1.165) is 11.3 Å². The molecule has 1 aliphatic heterocycles. The fourth-order valence-electron chi connectivity index (χ4n) is 2.65. The molecule has 1 aromatic heterocycles. The summed E-state index contributed by atoms with van der Waals surface area (Å²) in [4.78, 5) is 21.7. The largest absolute Gasteiger partial charge is 0.476 e. The van der Waals surface area contributed by atoms with Crippen LogP contribution in [0.25, 0.3) is 0 Å². The molecular formula is C16H16ClN3O2. The van der Waals surface area contributed by atoms with Gasteiger partial charge in [0, 0.05) is 22.7 Å². The number of halogens is 1. The maximum Gasteiger partial charge on any atom is 0.356 e. The number of hydrogen-bond acceptors (Lipinski definition) is 4. The Bertz CT molecular complexity index is 774. The van der Waals surface area contributed by atoms with Crippen molar-refractivity contribution in [3.8, 4) is 0 Å². The number of benzene rings is 1. The van der Waals surface area contributed by atoms with Crippen molar-refractivity contribution in [2.24, 2.45) is 0 Å². The maximum absolute atomic E-state index is 11.1. The highest BCUT2D eigenvalue weighted by molar-refractivity contribution is 6.31. The SMILES string of the molecule is Cc1ccc(N2CC(C)(C)c3nc(C(=O)O)cnc32)cc1Cl. The molecular weight excluding hydrogens is 302 g/mol. The Morgan fingerprint density at radius 2 is 2.14 bits per heavy atom. The first-order chi connectivity index (χ1) is 10.3. The third kappa shape index (κ3) is 2.31. The van der Waals surface area contributed by atoms with Gasteiger partial charge in [-0.05, 0) is 24.6 Å². The van der Waals surface area contributed by atoms with Crippen LogP contribution >= 0.6 is 11.6 Å². The number of fused-ring (bicyclic) bond motifs is 1. The Kier molecular flexibility index (Phi) is 3.33. The standard InChI is InChI=1S/C16H16ClN3O2/c1-9-4-5-10(6-11(9)17)20-8-16(2,3)13-14(20)18-7-12(19-13)15(21)22/h4-7H,8H2,1-3H3,(H,21,22). The van der Waals surface area contributed by atoms with E-state index in [4.69, 9.17) is 16.7 Å². The Balaban J connectivity index is 2.11. The number of hydrogen-bond donors (Lipinski definition) is 1. The molecule has 0 atom stereocenters. The van der Waals surface area contributed by atoms with Crippen LogP contribution in [0.15, 0.2) is 24.4 Å². The molecule has 5 nitrogen and oxygen atoms in total. The third-order valence-electron chi connectivity index (χ3n) is 3.89. The van der Waals surface area contributed by atoms with Gasteiger partial charge in [-0.1, -0.05) is 31.5 Å². The normalized spacial score (nSPS) is 15.7. The van der Waals surface area contributed by atoms with Crippen molar-refractivity contribution in [1.82, 2.24) is 9.97 Å². The van der Waals surface area contributed by atoms with Crippen LogP contribution in [0.2, 0.25) is 5.02 Å². The molecule has 22 heavy (non-hydrogen) atoms. The molecule has 1 aliphatic rings. The van der Waals surface area contributed by atoms with E-state index in [1.807, 2.05) is 43.9 Å². The Hall–Kier alpha value is -2.14. The molecule has 0 bridgehead atoms. The van der Waals surface area contributed by atoms with E-state index in [1.165, 1.54) is 6.20 Å². The molecule has 6 heteroatoms. The zero-order valence-electron chi connectivity index (χ0n) is 12.6. The highest BCUT2D eigenvalue weighted by Gasteiger charge is 2.39. The van der Waals surface area contributed by atoms with E-state index >= 15 is 0 Å². The van der Waals surface area contributed by atoms with Crippen molar-refractivity contribution in [3.63, 3.8) is 0 Å². The van der Waals surface area contributed by atoms with Crippen molar-refractivity contribution in [2.45, 2.75) is 26.2 Å². The minimum atomic E-state index is -1.07. The van der Waals surface area contributed by atoms with Crippen LogP contribution in [0, 0.1) is 6.92 Å². The van der Waals surface area contributed by atoms with Crippen LogP contribution in [0.1, 0.15) is 35.6 Å². The van der Waals surface area contributed by atoms with E-state index < -0.39 is 5.97 Å². The van der Waals surface area contributed by atoms with Crippen molar-refractivity contribution in [1.29, 1.82) is 0 Å². The van der Waals surface area contributed by atoms with Gasteiger partial charge < -0.3 is 10.0 Å². The first-order valence-corrected chi connectivity index (χ1v) is 7.32. The summed E-state index contributed by atoms with van der Waals surface area (Å²) in [5, 5.41) is 9.80. The number of carboxylic acids is 1. The highest BCUT2D eigenvalue weighted by atomic mass is 35.5. The first-order valence-electron chi connectivity index (χ1n) is 6.94. The molecule has 0 spiro atoms. The van der Waals surface area contributed by atoms with Gasteiger partial charge in [-0.25, -0.2) is 14.8 Å². The van der Waals surface area contributed by atoms with Gasteiger partial charge in [0.05, 0.1) is 11.9 Å². The number of anilines is 2. The fourth-order valence-corrected chi connectivity index (χ4v) is 2.82. The summed E-state index contributed by atoms with van der Waals surface area (Å²) in [6.45, 7) is 6.68. The quantitative estimate of drug-likeness (QED) is 0.917.